The first-order valence-electron chi connectivity index (χ1n) is 10.6. The van der Waals surface area contributed by atoms with Crippen LogP contribution in [0.2, 0.25) is 0 Å². The zero-order valence-electron chi connectivity index (χ0n) is 18.6. The number of halogens is 3. The van der Waals surface area contributed by atoms with Crippen molar-refractivity contribution in [3.05, 3.63) is 91.5 Å². The van der Waals surface area contributed by atoms with Gasteiger partial charge in [0, 0.05) is 46.8 Å². The van der Waals surface area contributed by atoms with E-state index in [9.17, 15) is 33.4 Å². The molecule has 1 aliphatic heterocycles. The molecule has 0 saturated carbocycles. The van der Waals surface area contributed by atoms with Crippen molar-refractivity contribution in [3.63, 3.8) is 0 Å². The topological polar surface area (TPSA) is 123 Å². The lowest BCUT2D eigenvalue weighted by Crippen LogP contribution is -2.13. The van der Waals surface area contributed by atoms with Crippen molar-refractivity contribution in [1.29, 1.82) is 0 Å². The van der Waals surface area contributed by atoms with E-state index in [1.54, 1.807) is 0 Å². The van der Waals surface area contributed by atoms with Crippen LogP contribution in [0, 0.1) is 20.2 Å². The summed E-state index contributed by atoms with van der Waals surface area (Å²) in [6.45, 7) is 0.0932. The van der Waals surface area contributed by atoms with Gasteiger partial charge in [0.2, 0.25) is 0 Å². The zero-order chi connectivity index (χ0) is 26.3. The number of nitro benzene ring substituents is 2. The first kappa shape index (κ1) is 24.5. The molecule has 4 aromatic rings. The molecule has 5 rings (SSSR count). The monoisotopic (exact) mass is 532 g/mol. The van der Waals surface area contributed by atoms with Gasteiger partial charge in [0.1, 0.15) is 5.75 Å². The molecule has 14 heteroatoms. The Morgan fingerprint density at radius 3 is 2.54 bits per heavy atom. The van der Waals surface area contributed by atoms with Crippen molar-refractivity contribution in [2.24, 2.45) is 0 Å². The number of hydrogen-bond acceptors (Lipinski definition) is 8. The summed E-state index contributed by atoms with van der Waals surface area (Å²) in [5.41, 5.74) is 0.441. The molecule has 0 atom stereocenters. The average Bonchev–Trinajstić information content (AvgIpc) is 3.24. The van der Waals surface area contributed by atoms with Gasteiger partial charge >= 0.3 is 6.18 Å². The van der Waals surface area contributed by atoms with E-state index in [0.717, 1.165) is 23.9 Å². The second-order valence-corrected chi connectivity index (χ2v) is 8.90. The molecule has 0 unspecified atom stereocenters. The van der Waals surface area contributed by atoms with E-state index in [2.05, 4.69) is 4.98 Å². The number of aromatic nitrogens is 2. The fraction of sp³-hybridized carbons (Fsp3) is 0.174. The summed E-state index contributed by atoms with van der Waals surface area (Å²) in [5.74, 6) is 0.552. The highest BCUT2D eigenvalue weighted by Crippen LogP contribution is 2.38. The Bertz CT molecular complexity index is 1560. The zero-order valence-corrected chi connectivity index (χ0v) is 19.4. The fourth-order valence-electron chi connectivity index (χ4n) is 3.96. The van der Waals surface area contributed by atoms with Gasteiger partial charge in [-0.3, -0.25) is 24.8 Å². The third-order valence-corrected chi connectivity index (χ3v) is 6.58. The molecule has 0 amide bonds. The van der Waals surface area contributed by atoms with Crippen LogP contribution >= 0.6 is 11.8 Å². The third kappa shape index (κ3) is 4.80. The number of rotatable bonds is 6. The Kier molecular flexibility index (Phi) is 6.21. The van der Waals surface area contributed by atoms with Crippen LogP contribution < -0.4 is 4.74 Å². The molecule has 37 heavy (non-hydrogen) atoms. The van der Waals surface area contributed by atoms with Gasteiger partial charge in [0.15, 0.2) is 11.9 Å². The standard InChI is InChI=1S/C23H15F3N4O6S/c24-23(25,26)15-2-1-3-16(8-15)28-20-5-4-17(29(31)32)9-19(20)27-22(28)37-11-14-7-18(30(33)34)6-13-10-35-12-36-21(13)14/h1-9H,10-12H2. The molecule has 1 aliphatic rings. The van der Waals surface area contributed by atoms with Gasteiger partial charge in [0.05, 0.1) is 33.1 Å². The average molecular weight is 532 g/mol. The smallest absolute Gasteiger partial charge is 0.416 e. The number of nitro groups is 2. The van der Waals surface area contributed by atoms with E-state index in [0.29, 0.717) is 22.4 Å². The van der Waals surface area contributed by atoms with E-state index < -0.39 is 21.6 Å². The Balaban J connectivity index is 1.61. The van der Waals surface area contributed by atoms with Gasteiger partial charge in [0.25, 0.3) is 11.4 Å². The highest BCUT2D eigenvalue weighted by Gasteiger charge is 2.31. The number of ether oxygens (including phenoxy) is 2. The Hall–Kier alpha value is -4.17. The Morgan fingerprint density at radius 1 is 1.03 bits per heavy atom. The highest BCUT2D eigenvalue weighted by molar-refractivity contribution is 7.98. The summed E-state index contributed by atoms with van der Waals surface area (Å²) in [7, 11) is 0. The van der Waals surface area contributed by atoms with Crippen molar-refractivity contribution >= 4 is 34.2 Å². The number of non-ortho nitro benzene ring substituents is 2. The van der Waals surface area contributed by atoms with Gasteiger partial charge in [-0.25, -0.2) is 4.98 Å². The first-order valence-corrected chi connectivity index (χ1v) is 11.6. The number of thioether (sulfide) groups is 1. The summed E-state index contributed by atoms with van der Waals surface area (Å²) < 4.78 is 52.5. The van der Waals surface area contributed by atoms with Crippen LogP contribution in [-0.4, -0.2) is 26.2 Å². The molecule has 0 radical (unpaired) electrons. The van der Waals surface area contributed by atoms with Crippen LogP contribution in [0.25, 0.3) is 16.7 Å². The number of alkyl halides is 3. The van der Waals surface area contributed by atoms with Crippen LogP contribution in [0.15, 0.2) is 59.8 Å². The minimum Gasteiger partial charge on any atom is -0.467 e. The quantitative estimate of drug-likeness (QED) is 0.168. The van der Waals surface area contributed by atoms with Crippen LogP contribution in [0.4, 0.5) is 24.5 Å². The molecule has 0 fully saturated rings. The SMILES string of the molecule is O=[N+]([O-])c1cc2c(c(CSc3nc4cc([N+](=O)[O-])ccc4n3-c3cccc(C(F)(F)F)c3)c1)OCOC2. The maximum atomic E-state index is 13.4. The molecule has 0 N–H and O–H groups in total. The van der Waals surface area contributed by atoms with E-state index in [1.807, 2.05) is 0 Å². The van der Waals surface area contributed by atoms with Crippen LogP contribution in [0.1, 0.15) is 16.7 Å². The molecule has 0 aliphatic carbocycles. The maximum Gasteiger partial charge on any atom is 0.416 e. The number of hydrogen-bond donors (Lipinski definition) is 0. The van der Waals surface area contributed by atoms with Crippen molar-refractivity contribution in [2.75, 3.05) is 6.79 Å². The molecule has 0 bridgehead atoms. The van der Waals surface area contributed by atoms with Gasteiger partial charge in [-0.1, -0.05) is 17.8 Å². The highest BCUT2D eigenvalue weighted by atomic mass is 32.2. The van der Waals surface area contributed by atoms with Crippen LogP contribution in [0.3, 0.4) is 0 Å². The van der Waals surface area contributed by atoms with Crippen molar-refractivity contribution in [3.8, 4) is 11.4 Å². The first-order chi connectivity index (χ1) is 17.6. The number of benzene rings is 3. The summed E-state index contributed by atoms with van der Waals surface area (Å²) in [6, 6.07) is 11.2. The molecule has 0 saturated heterocycles. The lowest BCUT2D eigenvalue weighted by Gasteiger charge is -2.20. The molecule has 2 heterocycles. The molecule has 1 aromatic heterocycles. The van der Waals surface area contributed by atoms with Gasteiger partial charge in [-0.15, -0.1) is 0 Å². The minimum absolute atomic E-state index is 0.0328. The molecular weight excluding hydrogens is 517 g/mol. The molecule has 10 nitrogen and oxygen atoms in total. The van der Waals surface area contributed by atoms with Crippen LogP contribution in [-0.2, 0) is 23.3 Å². The van der Waals surface area contributed by atoms with E-state index in [-0.39, 0.29) is 46.9 Å². The van der Waals surface area contributed by atoms with Crippen LogP contribution in [0.5, 0.6) is 5.75 Å². The molecular formula is C23H15F3N4O6S. The summed E-state index contributed by atoms with van der Waals surface area (Å²) >= 11 is 1.10. The van der Waals surface area contributed by atoms with Gasteiger partial charge in [-0.2, -0.15) is 13.2 Å². The Labute approximate surface area is 209 Å². The van der Waals surface area contributed by atoms with E-state index >= 15 is 0 Å². The normalized spacial score (nSPS) is 13.3. The minimum atomic E-state index is -4.58. The third-order valence-electron chi connectivity index (χ3n) is 5.59. The second kappa shape index (κ2) is 9.37. The lowest BCUT2D eigenvalue weighted by atomic mass is 10.1. The lowest BCUT2D eigenvalue weighted by molar-refractivity contribution is -0.385. The van der Waals surface area contributed by atoms with Crippen molar-refractivity contribution in [2.45, 2.75) is 23.7 Å². The number of imidazole rings is 1. The summed E-state index contributed by atoms with van der Waals surface area (Å²) in [6.07, 6.45) is -4.58. The largest absolute Gasteiger partial charge is 0.467 e. The fourth-order valence-corrected chi connectivity index (χ4v) is 4.96. The molecule has 190 valence electrons. The van der Waals surface area contributed by atoms with Crippen molar-refractivity contribution < 1.29 is 32.5 Å². The predicted octanol–water partition coefficient (Wildman–Crippen LogP) is 6.02. The van der Waals surface area contributed by atoms with E-state index in [4.69, 9.17) is 9.47 Å². The second-order valence-electron chi connectivity index (χ2n) is 7.96. The number of fused-ring (bicyclic) bond motifs is 2. The Morgan fingerprint density at radius 2 is 1.81 bits per heavy atom. The number of nitrogens with zero attached hydrogens (tertiary/aromatic N) is 4. The molecule has 3 aromatic carbocycles. The predicted molar refractivity (Wildman–Crippen MR) is 126 cm³/mol. The maximum absolute atomic E-state index is 13.4. The van der Waals surface area contributed by atoms with E-state index in [1.165, 1.54) is 47.0 Å². The summed E-state index contributed by atoms with van der Waals surface area (Å²) in [4.78, 5) is 26.0. The molecule has 0 spiro atoms. The van der Waals surface area contributed by atoms with Gasteiger partial charge < -0.3 is 9.47 Å². The van der Waals surface area contributed by atoms with Crippen molar-refractivity contribution in [1.82, 2.24) is 9.55 Å². The van der Waals surface area contributed by atoms with Gasteiger partial charge in [-0.05, 0) is 24.3 Å². The summed E-state index contributed by atoms with van der Waals surface area (Å²) in [5, 5.41) is 22.9.